The molecule has 1 heterocycles. The molecule has 1 N–H and O–H groups in total. The predicted octanol–water partition coefficient (Wildman–Crippen LogP) is 4.71. The van der Waals surface area contributed by atoms with Gasteiger partial charge in [-0.2, -0.15) is 10.2 Å². The van der Waals surface area contributed by atoms with Crippen LogP contribution in [-0.2, 0) is 16.0 Å². The van der Waals surface area contributed by atoms with Gasteiger partial charge in [0.1, 0.15) is 5.82 Å². The molecular formula is C24H21FN4O2. The van der Waals surface area contributed by atoms with E-state index in [1.54, 1.807) is 30.3 Å². The highest BCUT2D eigenvalue weighted by atomic mass is 19.1. The first-order valence-corrected chi connectivity index (χ1v) is 10.0. The third-order valence-electron chi connectivity index (χ3n) is 4.99. The van der Waals surface area contributed by atoms with Crippen molar-refractivity contribution in [2.24, 2.45) is 10.2 Å². The Morgan fingerprint density at radius 1 is 0.903 bits per heavy atom. The van der Waals surface area contributed by atoms with E-state index < -0.39 is 6.04 Å². The normalized spacial score (nSPS) is 16.4. The second-order valence-corrected chi connectivity index (χ2v) is 7.21. The fourth-order valence-corrected chi connectivity index (χ4v) is 3.42. The number of carbonyl (C=O) groups is 2. The van der Waals surface area contributed by atoms with Gasteiger partial charge >= 0.3 is 0 Å². The molecule has 1 atom stereocenters. The molecule has 4 rings (SSSR count). The lowest BCUT2D eigenvalue weighted by molar-refractivity contribution is -0.121. The number of halogens is 1. The van der Waals surface area contributed by atoms with Gasteiger partial charge in [-0.25, -0.2) is 9.29 Å². The lowest BCUT2D eigenvalue weighted by Gasteiger charge is -2.15. The summed E-state index contributed by atoms with van der Waals surface area (Å²) in [5, 5.41) is 11.4. The van der Waals surface area contributed by atoms with Crippen LogP contribution >= 0.6 is 0 Å². The van der Waals surface area contributed by atoms with Crippen LogP contribution in [-0.4, -0.2) is 24.4 Å². The Bertz CT molecular complexity index is 1100. The van der Waals surface area contributed by atoms with Crippen molar-refractivity contribution >= 4 is 28.9 Å². The maximum absolute atomic E-state index is 13.3. The van der Waals surface area contributed by atoms with Crippen LogP contribution < -0.4 is 10.2 Å². The second kappa shape index (κ2) is 9.40. The molecule has 0 aromatic heterocycles. The van der Waals surface area contributed by atoms with Crippen molar-refractivity contribution < 1.29 is 14.0 Å². The Hall–Kier alpha value is -3.71. The summed E-state index contributed by atoms with van der Waals surface area (Å²) in [7, 11) is 0. The Labute approximate surface area is 179 Å². The molecule has 0 radical (unpaired) electrons. The molecule has 0 aliphatic carbocycles. The second-order valence-electron chi connectivity index (χ2n) is 7.21. The maximum Gasteiger partial charge on any atom is 0.251 e. The van der Waals surface area contributed by atoms with E-state index >= 15 is 0 Å². The topological polar surface area (TPSA) is 74.1 Å². The highest BCUT2D eigenvalue weighted by molar-refractivity contribution is 6.22. The highest BCUT2D eigenvalue weighted by Gasteiger charge is 2.39. The maximum atomic E-state index is 13.3. The lowest BCUT2D eigenvalue weighted by atomic mass is 10.1. The molecule has 1 fully saturated rings. The summed E-state index contributed by atoms with van der Waals surface area (Å²) in [5.74, 6) is -0.836. The number of amides is 2. The number of rotatable bonds is 7. The minimum absolute atomic E-state index is 0.0947. The van der Waals surface area contributed by atoms with Gasteiger partial charge in [0.15, 0.2) is 0 Å². The molecule has 3 aromatic rings. The molecule has 0 spiro atoms. The zero-order chi connectivity index (χ0) is 21.6. The number of benzene rings is 3. The molecule has 6 nitrogen and oxygen atoms in total. The van der Waals surface area contributed by atoms with Gasteiger partial charge in [-0.3, -0.25) is 9.59 Å². The van der Waals surface area contributed by atoms with Crippen LogP contribution in [0.4, 0.5) is 21.5 Å². The molecule has 0 unspecified atom stereocenters. The minimum atomic E-state index is -0.585. The Morgan fingerprint density at radius 2 is 1.61 bits per heavy atom. The summed E-state index contributed by atoms with van der Waals surface area (Å²) in [6.07, 6.45) is 0.661. The van der Waals surface area contributed by atoms with Crippen molar-refractivity contribution in [3.05, 3.63) is 90.2 Å². The largest absolute Gasteiger partial charge is 0.305 e. The monoisotopic (exact) mass is 416 g/mol. The molecule has 7 heteroatoms. The summed E-state index contributed by atoms with van der Waals surface area (Å²) < 4.78 is 13.3. The van der Waals surface area contributed by atoms with E-state index in [0.717, 1.165) is 11.3 Å². The van der Waals surface area contributed by atoms with Gasteiger partial charge in [0, 0.05) is 0 Å². The van der Waals surface area contributed by atoms with E-state index in [-0.39, 0.29) is 24.1 Å². The van der Waals surface area contributed by atoms with E-state index in [2.05, 4.69) is 15.5 Å². The van der Waals surface area contributed by atoms with Gasteiger partial charge in [0.25, 0.3) is 5.91 Å². The number of anilines is 1. The fraction of sp³-hybridized carbons (Fsp3) is 0.167. The van der Waals surface area contributed by atoms with Crippen LogP contribution in [0.1, 0.15) is 12.0 Å². The first-order valence-electron chi connectivity index (χ1n) is 10.0. The van der Waals surface area contributed by atoms with Crippen molar-refractivity contribution in [2.45, 2.75) is 18.9 Å². The number of hydrogen-bond acceptors (Lipinski definition) is 5. The zero-order valence-electron chi connectivity index (χ0n) is 16.7. The van der Waals surface area contributed by atoms with Crippen LogP contribution in [0.3, 0.4) is 0 Å². The average molecular weight is 416 g/mol. The van der Waals surface area contributed by atoms with E-state index in [9.17, 15) is 14.0 Å². The first-order chi connectivity index (χ1) is 15.1. The molecule has 2 amide bonds. The van der Waals surface area contributed by atoms with Gasteiger partial charge < -0.3 is 5.32 Å². The van der Waals surface area contributed by atoms with Crippen LogP contribution in [0.15, 0.2) is 89.1 Å². The summed E-state index contributed by atoms with van der Waals surface area (Å²) in [5.41, 5.74) is 2.70. The molecule has 0 saturated carbocycles. The molecular weight excluding hydrogens is 395 g/mol. The lowest BCUT2D eigenvalue weighted by Crippen LogP contribution is -2.39. The number of carbonyl (C=O) groups excluding carboxylic acids is 2. The summed E-state index contributed by atoms with van der Waals surface area (Å²) >= 11 is 0. The third kappa shape index (κ3) is 5.07. The summed E-state index contributed by atoms with van der Waals surface area (Å²) in [6.45, 7) is 0.472. The Balaban J connectivity index is 1.36. The zero-order valence-corrected chi connectivity index (χ0v) is 16.7. The molecule has 1 aliphatic heterocycles. The average Bonchev–Trinajstić information content (AvgIpc) is 3.06. The van der Waals surface area contributed by atoms with Gasteiger partial charge in [0.2, 0.25) is 5.91 Å². The van der Waals surface area contributed by atoms with E-state index in [1.807, 2.05) is 36.4 Å². The van der Waals surface area contributed by atoms with Crippen molar-refractivity contribution in [2.75, 3.05) is 11.4 Å². The number of nitrogens with one attached hydrogen (secondary N) is 1. The highest BCUT2D eigenvalue weighted by Crippen LogP contribution is 2.26. The van der Waals surface area contributed by atoms with E-state index in [1.165, 1.54) is 17.0 Å². The Kier molecular flexibility index (Phi) is 6.24. The molecule has 31 heavy (non-hydrogen) atoms. The molecule has 1 aliphatic rings. The molecule has 1 saturated heterocycles. The standard InChI is InChI=1S/C24H21FN4O2/c25-18-6-4-5-17(15-18)13-14-26-22-16-23(30)29(24(22)31)21-11-9-20(10-12-21)28-27-19-7-2-1-3-8-19/h1-12,15,22,26H,13-14,16H2/t22-/m0/s1. The van der Waals surface area contributed by atoms with Gasteiger partial charge in [0.05, 0.1) is 29.5 Å². The third-order valence-corrected chi connectivity index (χ3v) is 4.99. The van der Waals surface area contributed by atoms with Crippen LogP contribution in [0.5, 0.6) is 0 Å². The van der Waals surface area contributed by atoms with Crippen LogP contribution in [0, 0.1) is 5.82 Å². The van der Waals surface area contributed by atoms with E-state index in [4.69, 9.17) is 0 Å². The number of azo groups is 1. The van der Waals surface area contributed by atoms with Crippen molar-refractivity contribution in [3.8, 4) is 0 Å². The summed E-state index contributed by atoms with van der Waals surface area (Å²) in [6, 6.07) is 21.9. The molecule has 3 aromatic carbocycles. The summed E-state index contributed by atoms with van der Waals surface area (Å²) in [4.78, 5) is 26.4. The fourth-order valence-electron chi connectivity index (χ4n) is 3.42. The van der Waals surface area contributed by atoms with Crippen molar-refractivity contribution in [3.63, 3.8) is 0 Å². The first kappa shape index (κ1) is 20.6. The Morgan fingerprint density at radius 3 is 2.32 bits per heavy atom. The van der Waals surface area contributed by atoms with Gasteiger partial charge in [-0.1, -0.05) is 30.3 Å². The number of nitrogens with zero attached hydrogens (tertiary/aromatic N) is 3. The van der Waals surface area contributed by atoms with Gasteiger partial charge in [-0.15, -0.1) is 0 Å². The van der Waals surface area contributed by atoms with Gasteiger partial charge in [-0.05, 0) is 67.1 Å². The minimum Gasteiger partial charge on any atom is -0.305 e. The number of imide groups is 1. The van der Waals surface area contributed by atoms with Crippen LogP contribution in [0.2, 0.25) is 0 Å². The van der Waals surface area contributed by atoms with Crippen molar-refractivity contribution in [1.29, 1.82) is 0 Å². The van der Waals surface area contributed by atoms with E-state index in [0.29, 0.717) is 24.3 Å². The molecule has 0 bridgehead atoms. The quantitative estimate of drug-likeness (QED) is 0.448. The SMILES string of the molecule is O=C1C[C@H](NCCc2cccc(F)c2)C(=O)N1c1ccc(N=Nc2ccccc2)cc1. The van der Waals surface area contributed by atoms with Crippen molar-refractivity contribution in [1.82, 2.24) is 5.32 Å². The predicted molar refractivity (Wildman–Crippen MR) is 116 cm³/mol. The number of hydrogen-bond donors (Lipinski definition) is 1. The smallest absolute Gasteiger partial charge is 0.251 e. The van der Waals surface area contributed by atoms with Crippen LogP contribution in [0.25, 0.3) is 0 Å². The molecule has 156 valence electrons.